The fourth-order valence-corrected chi connectivity index (χ4v) is 7.66. The van der Waals surface area contributed by atoms with Gasteiger partial charge in [0.1, 0.15) is 6.33 Å². The molecule has 0 saturated carbocycles. The van der Waals surface area contributed by atoms with Gasteiger partial charge in [0.25, 0.3) is 0 Å². The molecular formula is C38H46N5O9P. The van der Waals surface area contributed by atoms with Crippen molar-refractivity contribution >= 4 is 36.4 Å². The highest BCUT2D eigenvalue weighted by Gasteiger charge is 2.29. The summed E-state index contributed by atoms with van der Waals surface area (Å²) >= 11 is 0. The smallest absolute Gasteiger partial charge is 0.493 e. The Morgan fingerprint density at radius 3 is 2.55 bits per heavy atom. The normalized spacial score (nSPS) is 14.8. The standard InChI is InChI=1S/C38H46N5O9P/c1-7-8-17-51-53(46,47)52-32-12-10-28(19-33(32)48-6)37(44)49-22-50-38(45)43-31-11-9-27(26-13-15-39-16-14-26)18-29(31)34(23(2)3)35(43)30-20-42-36(40-21-41-42)25(5)24(30)4/h9-12,18-21,23,26,39H,7-8,13-17,22H2,1-6H3,(H,46,47). The van der Waals surface area contributed by atoms with E-state index in [9.17, 15) is 19.0 Å². The van der Waals surface area contributed by atoms with E-state index in [1.165, 1.54) is 37.2 Å². The van der Waals surface area contributed by atoms with E-state index >= 15 is 0 Å². The van der Waals surface area contributed by atoms with Crippen LogP contribution in [-0.4, -0.2) is 69.7 Å². The van der Waals surface area contributed by atoms with Gasteiger partial charge in [-0.15, -0.1) is 0 Å². The second-order valence-electron chi connectivity index (χ2n) is 13.4. The molecular weight excluding hydrogens is 701 g/mol. The van der Waals surface area contributed by atoms with E-state index in [2.05, 4.69) is 41.4 Å². The molecule has 3 aromatic heterocycles. The van der Waals surface area contributed by atoms with Crippen LogP contribution in [0.3, 0.4) is 0 Å². The number of pyridine rings is 1. The molecule has 14 nitrogen and oxygen atoms in total. The van der Waals surface area contributed by atoms with Crippen LogP contribution in [0.5, 0.6) is 11.5 Å². The number of carbonyl (C=O) groups is 2. The van der Waals surface area contributed by atoms with E-state index in [1.54, 1.807) is 9.08 Å². The lowest BCUT2D eigenvalue weighted by Crippen LogP contribution is -2.26. The van der Waals surface area contributed by atoms with Gasteiger partial charge >= 0.3 is 19.9 Å². The minimum absolute atomic E-state index is 0.00773. The molecule has 6 rings (SSSR count). The number of nitrogens with zero attached hydrogens (tertiary/aromatic N) is 4. The van der Waals surface area contributed by atoms with Crippen molar-refractivity contribution in [1.29, 1.82) is 0 Å². The van der Waals surface area contributed by atoms with Gasteiger partial charge in [0, 0.05) is 17.1 Å². The van der Waals surface area contributed by atoms with Crippen molar-refractivity contribution in [2.75, 3.05) is 33.6 Å². The third kappa shape index (κ3) is 7.96. The lowest BCUT2D eigenvalue weighted by molar-refractivity contribution is -0.00170. The molecule has 282 valence electrons. The summed E-state index contributed by atoms with van der Waals surface area (Å²) in [6.45, 7) is 11.4. The summed E-state index contributed by atoms with van der Waals surface area (Å²) in [6.07, 6.45) is 6.08. The van der Waals surface area contributed by atoms with Crippen molar-refractivity contribution in [1.82, 2.24) is 24.5 Å². The summed E-state index contributed by atoms with van der Waals surface area (Å²) < 4.78 is 42.1. The number of esters is 1. The summed E-state index contributed by atoms with van der Waals surface area (Å²) in [7, 11) is -3.10. The van der Waals surface area contributed by atoms with Gasteiger partial charge in [-0.3, -0.25) is 9.42 Å². The van der Waals surface area contributed by atoms with Crippen LogP contribution in [0.1, 0.15) is 90.9 Å². The molecule has 2 aromatic carbocycles. The molecule has 53 heavy (non-hydrogen) atoms. The van der Waals surface area contributed by atoms with Crippen LogP contribution >= 0.6 is 7.82 Å². The Hall–Kier alpha value is -4.75. The molecule has 0 amide bonds. The number of unbranched alkanes of at least 4 members (excludes halogenated alkanes) is 1. The van der Waals surface area contributed by atoms with Crippen molar-refractivity contribution in [2.45, 2.75) is 72.1 Å². The average molecular weight is 748 g/mol. The number of hydrogen-bond acceptors (Lipinski definition) is 11. The van der Waals surface area contributed by atoms with Gasteiger partial charge in [-0.25, -0.2) is 28.2 Å². The Morgan fingerprint density at radius 2 is 1.83 bits per heavy atom. The lowest BCUT2D eigenvalue weighted by atomic mass is 9.88. The first-order valence-electron chi connectivity index (χ1n) is 17.8. The molecule has 1 aliphatic rings. The summed E-state index contributed by atoms with van der Waals surface area (Å²) in [5.74, 6) is -0.472. The predicted molar refractivity (Wildman–Crippen MR) is 199 cm³/mol. The Balaban J connectivity index is 1.30. The van der Waals surface area contributed by atoms with Crippen molar-refractivity contribution < 1.29 is 42.3 Å². The van der Waals surface area contributed by atoms with Crippen molar-refractivity contribution in [3.8, 4) is 22.8 Å². The first-order valence-corrected chi connectivity index (χ1v) is 19.3. The van der Waals surface area contributed by atoms with Crippen LogP contribution < -0.4 is 14.6 Å². The fourth-order valence-electron chi connectivity index (χ4n) is 6.85. The number of benzene rings is 2. The van der Waals surface area contributed by atoms with Crippen LogP contribution in [0.4, 0.5) is 4.79 Å². The van der Waals surface area contributed by atoms with Crippen LogP contribution in [0, 0.1) is 13.8 Å². The summed E-state index contributed by atoms with van der Waals surface area (Å²) in [5, 5.41) is 8.79. The molecule has 0 spiro atoms. The van der Waals surface area contributed by atoms with Gasteiger partial charge in [0.15, 0.2) is 17.1 Å². The van der Waals surface area contributed by atoms with E-state index in [0.29, 0.717) is 23.5 Å². The van der Waals surface area contributed by atoms with E-state index in [0.717, 1.165) is 65.6 Å². The number of fused-ring (bicyclic) bond motifs is 2. The monoisotopic (exact) mass is 747 g/mol. The average Bonchev–Trinajstić information content (AvgIpc) is 3.76. The zero-order valence-corrected chi connectivity index (χ0v) is 31.8. The Labute approximate surface area is 308 Å². The van der Waals surface area contributed by atoms with Gasteiger partial charge < -0.3 is 24.1 Å². The maximum absolute atomic E-state index is 14.2. The number of phosphoric ester groups is 1. The summed E-state index contributed by atoms with van der Waals surface area (Å²) in [6, 6.07) is 10.2. The Bertz CT molecular complexity index is 2190. The van der Waals surface area contributed by atoms with Crippen LogP contribution in [-0.2, 0) is 18.6 Å². The Kier molecular flexibility index (Phi) is 11.5. The van der Waals surface area contributed by atoms with Gasteiger partial charge in [-0.1, -0.05) is 33.3 Å². The van der Waals surface area contributed by atoms with E-state index in [-0.39, 0.29) is 29.6 Å². The number of piperidine rings is 1. The maximum atomic E-state index is 14.2. The third-order valence-electron chi connectivity index (χ3n) is 9.72. The van der Waals surface area contributed by atoms with Crippen LogP contribution in [0.15, 0.2) is 48.9 Å². The zero-order valence-electron chi connectivity index (χ0n) is 30.9. The molecule has 0 radical (unpaired) electrons. The number of phosphoric acid groups is 1. The number of ether oxygens (including phenoxy) is 3. The van der Waals surface area contributed by atoms with E-state index in [4.69, 9.17) is 23.3 Å². The topological polar surface area (TPSA) is 165 Å². The highest BCUT2D eigenvalue weighted by molar-refractivity contribution is 7.47. The maximum Gasteiger partial charge on any atom is 0.527 e. The van der Waals surface area contributed by atoms with E-state index < -0.39 is 26.7 Å². The van der Waals surface area contributed by atoms with Crippen LogP contribution in [0.25, 0.3) is 27.8 Å². The number of methoxy groups -OCH3 is 1. The fraction of sp³-hybridized carbons (Fsp3) is 0.421. The quantitative estimate of drug-likeness (QED) is 0.0524. The Morgan fingerprint density at radius 1 is 1.06 bits per heavy atom. The minimum Gasteiger partial charge on any atom is -0.493 e. The molecule has 1 unspecified atom stereocenters. The number of carbonyl (C=O) groups excluding carboxylic acids is 2. The second kappa shape index (κ2) is 16.1. The molecule has 5 aromatic rings. The lowest BCUT2D eigenvalue weighted by Gasteiger charge is -2.23. The van der Waals surface area contributed by atoms with Gasteiger partial charge in [0.2, 0.25) is 6.79 Å². The van der Waals surface area contributed by atoms with Gasteiger partial charge in [0.05, 0.1) is 30.5 Å². The largest absolute Gasteiger partial charge is 0.527 e. The molecule has 1 saturated heterocycles. The van der Waals surface area contributed by atoms with Crippen molar-refractivity contribution in [2.24, 2.45) is 0 Å². The van der Waals surface area contributed by atoms with Gasteiger partial charge in [-0.05, 0) is 111 Å². The first-order chi connectivity index (χ1) is 25.4. The molecule has 2 N–H and O–H groups in total. The highest BCUT2D eigenvalue weighted by Crippen LogP contribution is 2.47. The van der Waals surface area contributed by atoms with Gasteiger partial charge in [-0.2, -0.15) is 5.10 Å². The number of hydrogen-bond donors (Lipinski definition) is 2. The molecule has 1 atom stereocenters. The number of aryl methyl sites for hydroxylation is 1. The van der Waals surface area contributed by atoms with E-state index in [1.807, 2.05) is 33.0 Å². The van der Waals surface area contributed by atoms with Crippen molar-refractivity contribution in [3.63, 3.8) is 0 Å². The molecule has 0 aliphatic carbocycles. The minimum atomic E-state index is -4.42. The highest BCUT2D eigenvalue weighted by atomic mass is 31.2. The second-order valence-corrected chi connectivity index (χ2v) is 14.8. The number of aromatic nitrogens is 4. The molecule has 1 aliphatic heterocycles. The molecule has 4 heterocycles. The first kappa shape index (κ1) is 38.0. The molecule has 15 heteroatoms. The van der Waals surface area contributed by atoms with Crippen molar-refractivity contribution in [3.05, 3.63) is 76.7 Å². The van der Waals surface area contributed by atoms with Crippen LogP contribution in [0.2, 0.25) is 0 Å². The number of nitrogens with one attached hydrogen (secondary N) is 1. The molecule has 0 bridgehead atoms. The molecule has 1 fully saturated rings. The third-order valence-corrected chi connectivity index (χ3v) is 10.7. The summed E-state index contributed by atoms with van der Waals surface area (Å²) in [4.78, 5) is 41.8. The zero-order chi connectivity index (χ0) is 37.9. The number of rotatable bonds is 13. The summed E-state index contributed by atoms with van der Waals surface area (Å²) in [5.41, 5.74) is 7.01. The predicted octanol–water partition coefficient (Wildman–Crippen LogP) is 7.66. The SMILES string of the molecule is CCCCOP(=O)(O)Oc1ccc(C(=O)OCOC(=O)n2c(-c3cn4ncnc4c(C)c3C)c(C(C)C)c3cc(C4CCNCC4)ccc32)cc1OC.